The highest BCUT2D eigenvalue weighted by atomic mass is 32.2. The molecule has 0 N–H and O–H groups in total. The van der Waals surface area contributed by atoms with Gasteiger partial charge >= 0.3 is 0 Å². The van der Waals surface area contributed by atoms with E-state index in [-0.39, 0.29) is 23.4 Å². The van der Waals surface area contributed by atoms with E-state index in [0.29, 0.717) is 25.1 Å². The van der Waals surface area contributed by atoms with Crippen LogP contribution in [0.5, 0.6) is 5.75 Å². The molecule has 2 aliphatic heterocycles. The normalized spacial score (nSPS) is 17.1. The number of benzene rings is 3. The molecule has 3 aromatic rings. The standard InChI is InChI=1S/C26H25N3O4S/c1-2-33-22-10-8-20(9-11-22)26(30)29-15-14-21-16-23(12-13-25(21)29)34(31,32)28-17-24(27-18-28)19-6-4-3-5-7-19/h3-13,16,18,24H,2,14-15,17H2,1H3. The third-order valence-electron chi connectivity index (χ3n) is 6.12. The van der Waals surface area contributed by atoms with Crippen molar-refractivity contribution in [2.24, 2.45) is 4.99 Å². The lowest BCUT2D eigenvalue weighted by molar-refractivity contribution is 0.0989. The van der Waals surface area contributed by atoms with Crippen LogP contribution in [-0.4, -0.2) is 44.7 Å². The van der Waals surface area contributed by atoms with Crippen LogP contribution in [0.25, 0.3) is 0 Å². The summed E-state index contributed by atoms with van der Waals surface area (Å²) < 4.78 is 33.3. The molecule has 0 aromatic heterocycles. The summed E-state index contributed by atoms with van der Waals surface area (Å²) in [6.07, 6.45) is 2.00. The van der Waals surface area contributed by atoms with Gasteiger partial charge in [0.05, 0.1) is 24.1 Å². The van der Waals surface area contributed by atoms with Gasteiger partial charge in [-0.15, -0.1) is 0 Å². The van der Waals surface area contributed by atoms with Gasteiger partial charge in [0.2, 0.25) is 0 Å². The van der Waals surface area contributed by atoms with E-state index in [1.807, 2.05) is 37.3 Å². The molecule has 1 amide bonds. The van der Waals surface area contributed by atoms with Gasteiger partial charge in [0.15, 0.2) is 0 Å². The summed E-state index contributed by atoms with van der Waals surface area (Å²) in [6, 6.07) is 21.5. The zero-order valence-corrected chi connectivity index (χ0v) is 19.6. The lowest BCUT2D eigenvalue weighted by Crippen LogP contribution is -2.29. The second-order valence-electron chi connectivity index (χ2n) is 8.22. The Kier molecular flexibility index (Phi) is 5.83. The molecule has 5 rings (SSSR count). The molecule has 34 heavy (non-hydrogen) atoms. The minimum absolute atomic E-state index is 0.116. The fraction of sp³-hybridized carbons (Fsp3) is 0.231. The lowest BCUT2D eigenvalue weighted by atomic mass is 10.1. The number of sulfonamides is 1. The van der Waals surface area contributed by atoms with E-state index in [0.717, 1.165) is 22.6 Å². The van der Waals surface area contributed by atoms with Gasteiger partial charge in [-0.2, -0.15) is 0 Å². The van der Waals surface area contributed by atoms with Crippen molar-refractivity contribution in [2.75, 3.05) is 24.6 Å². The van der Waals surface area contributed by atoms with Crippen LogP contribution in [0.15, 0.2) is 82.7 Å². The number of carbonyl (C=O) groups excluding carboxylic acids is 1. The number of hydrogen-bond acceptors (Lipinski definition) is 5. The van der Waals surface area contributed by atoms with Gasteiger partial charge in [-0.25, -0.2) is 8.42 Å². The maximum atomic E-state index is 13.3. The van der Waals surface area contributed by atoms with Crippen molar-refractivity contribution in [3.05, 3.63) is 89.5 Å². The topological polar surface area (TPSA) is 79.3 Å². The molecule has 1 unspecified atom stereocenters. The van der Waals surface area contributed by atoms with Gasteiger partial charge < -0.3 is 9.64 Å². The van der Waals surface area contributed by atoms with Gasteiger partial charge in [0, 0.05) is 17.8 Å². The quantitative estimate of drug-likeness (QED) is 0.539. The summed E-state index contributed by atoms with van der Waals surface area (Å²) in [5, 5.41) is 0. The van der Waals surface area contributed by atoms with Crippen molar-refractivity contribution in [3.63, 3.8) is 0 Å². The molecule has 0 spiro atoms. The smallest absolute Gasteiger partial charge is 0.265 e. The number of nitrogens with zero attached hydrogens (tertiary/aromatic N) is 3. The molecule has 2 heterocycles. The van der Waals surface area contributed by atoms with E-state index in [1.54, 1.807) is 47.4 Å². The van der Waals surface area contributed by atoms with Gasteiger partial charge in [-0.1, -0.05) is 30.3 Å². The van der Waals surface area contributed by atoms with E-state index in [4.69, 9.17) is 4.74 Å². The summed E-state index contributed by atoms with van der Waals surface area (Å²) >= 11 is 0. The number of aliphatic imine (C=N–C) groups is 1. The van der Waals surface area contributed by atoms with Gasteiger partial charge in [-0.05, 0) is 66.9 Å². The number of amides is 1. The molecule has 0 aliphatic carbocycles. The van der Waals surface area contributed by atoms with Gasteiger partial charge in [0.1, 0.15) is 12.1 Å². The summed E-state index contributed by atoms with van der Waals surface area (Å²) in [4.78, 5) is 19.4. The number of carbonyl (C=O) groups is 1. The van der Waals surface area contributed by atoms with E-state index in [2.05, 4.69) is 4.99 Å². The zero-order valence-electron chi connectivity index (χ0n) is 18.8. The van der Waals surface area contributed by atoms with Crippen LogP contribution in [0.1, 0.15) is 34.5 Å². The molecule has 3 aromatic carbocycles. The van der Waals surface area contributed by atoms with E-state index in [9.17, 15) is 13.2 Å². The van der Waals surface area contributed by atoms with Gasteiger partial charge in [-0.3, -0.25) is 14.1 Å². The Hall–Kier alpha value is -3.65. The summed E-state index contributed by atoms with van der Waals surface area (Å²) in [6.45, 7) is 3.25. The number of ether oxygens (including phenoxy) is 1. The number of rotatable bonds is 6. The Morgan fingerprint density at radius 2 is 1.82 bits per heavy atom. The Bertz CT molecular complexity index is 1340. The maximum Gasteiger partial charge on any atom is 0.265 e. The van der Waals surface area contributed by atoms with E-state index < -0.39 is 10.0 Å². The molecule has 7 nitrogen and oxygen atoms in total. The zero-order chi connectivity index (χ0) is 23.7. The first-order valence-electron chi connectivity index (χ1n) is 11.2. The molecule has 0 saturated carbocycles. The third-order valence-corrected chi connectivity index (χ3v) is 7.83. The molecule has 0 fully saturated rings. The highest BCUT2D eigenvalue weighted by Crippen LogP contribution is 2.33. The number of fused-ring (bicyclic) bond motifs is 1. The highest BCUT2D eigenvalue weighted by Gasteiger charge is 2.32. The molecular formula is C26H25N3O4S. The van der Waals surface area contributed by atoms with Crippen molar-refractivity contribution in [2.45, 2.75) is 24.3 Å². The van der Waals surface area contributed by atoms with Crippen LogP contribution in [0.4, 0.5) is 5.69 Å². The average Bonchev–Trinajstić information content (AvgIpc) is 3.53. The molecule has 0 radical (unpaired) electrons. The first-order valence-corrected chi connectivity index (χ1v) is 12.7. The largest absolute Gasteiger partial charge is 0.494 e. The summed E-state index contributed by atoms with van der Waals surface area (Å²) in [5.41, 5.74) is 3.13. The second kappa shape index (κ2) is 8.95. The van der Waals surface area contributed by atoms with Crippen LogP contribution >= 0.6 is 0 Å². The SMILES string of the molecule is CCOc1ccc(C(=O)N2CCc3cc(S(=O)(=O)N4C=NC(c5ccccc5)C4)ccc32)cc1. The number of hydrogen-bond donors (Lipinski definition) is 0. The predicted octanol–water partition coefficient (Wildman–Crippen LogP) is 4.06. The van der Waals surface area contributed by atoms with Crippen LogP contribution < -0.4 is 9.64 Å². The average molecular weight is 476 g/mol. The Morgan fingerprint density at radius 1 is 1.06 bits per heavy atom. The Labute approximate surface area is 199 Å². The first-order chi connectivity index (χ1) is 16.5. The fourth-order valence-corrected chi connectivity index (χ4v) is 5.67. The molecule has 1 atom stereocenters. The molecule has 0 saturated heterocycles. The van der Waals surface area contributed by atoms with Crippen molar-refractivity contribution < 1.29 is 17.9 Å². The molecular weight excluding hydrogens is 450 g/mol. The maximum absolute atomic E-state index is 13.3. The molecule has 0 bridgehead atoms. The summed E-state index contributed by atoms with van der Waals surface area (Å²) in [7, 11) is -3.73. The van der Waals surface area contributed by atoms with Crippen LogP contribution in [0.3, 0.4) is 0 Å². The van der Waals surface area contributed by atoms with Crippen molar-refractivity contribution >= 4 is 28.0 Å². The number of anilines is 1. The van der Waals surface area contributed by atoms with Gasteiger partial charge in [0.25, 0.3) is 15.9 Å². The fourth-order valence-electron chi connectivity index (χ4n) is 4.35. The van der Waals surface area contributed by atoms with Crippen LogP contribution in [-0.2, 0) is 16.4 Å². The predicted molar refractivity (Wildman–Crippen MR) is 131 cm³/mol. The minimum atomic E-state index is -3.73. The molecule has 174 valence electrons. The van der Waals surface area contributed by atoms with E-state index in [1.165, 1.54) is 10.6 Å². The molecule has 8 heteroatoms. The second-order valence-corrected chi connectivity index (χ2v) is 10.1. The van der Waals surface area contributed by atoms with Crippen molar-refractivity contribution in [1.82, 2.24) is 4.31 Å². The third kappa shape index (κ3) is 4.05. The van der Waals surface area contributed by atoms with Crippen molar-refractivity contribution in [3.8, 4) is 5.75 Å². The Balaban J connectivity index is 1.34. The first kappa shape index (κ1) is 22.2. The minimum Gasteiger partial charge on any atom is -0.494 e. The Morgan fingerprint density at radius 3 is 2.56 bits per heavy atom. The highest BCUT2D eigenvalue weighted by molar-refractivity contribution is 7.89. The van der Waals surface area contributed by atoms with Crippen LogP contribution in [0.2, 0.25) is 0 Å². The monoisotopic (exact) mass is 475 g/mol. The van der Waals surface area contributed by atoms with E-state index >= 15 is 0 Å². The van der Waals surface area contributed by atoms with Crippen LogP contribution in [0, 0.1) is 0 Å². The molecule has 2 aliphatic rings. The lowest BCUT2D eigenvalue weighted by Gasteiger charge is -2.19. The summed E-state index contributed by atoms with van der Waals surface area (Å²) in [5.74, 6) is 0.602. The van der Waals surface area contributed by atoms with Crippen molar-refractivity contribution in [1.29, 1.82) is 0 Å².